The van der Waals surface area contributed by atoms with Gasteiger partial charge in [-0.25, -0.2) is 9.97 Å². The largest absolute Gasteiger partial charge is 0.489 e. The fourth-order valence-electron chi connectivity index (χ4n) is 3.58. The van der Waals surface area contributed by atoms with E-state index in [2.05, 4.69) is 10.2 Å². The summed E-state index contributed by atoms with van der Waals surface area (Å²) in [6.07, 6.45) is 2.55. The van der Waals surface area contributed by atoms with E-state index >= 15 is 0 Å². The van der Waals surface area contributed by atoms with Crippen molar-refractivity contribution in [2.75, 3.05) is 18.4 Å². The van der Waals surface area contributed by atoms with Gasteiger partial charge in [-0.1, -0.05) is 0 Å². The molecule has 1 aromatic carbocycles. The first kappa shape index (κ1) is 21.7. The van der Waals surface area contributed by atoms with E-state index in [4.69, 9.17) is 20.4 Å². The Bertz CT molecular complexity index is 1070. The Balaban J connectivity index is 1.55. The van der Waals surface area contributed by atoms with Gasteiger partial charge in [0.05, 0.1) is 34.6 Å². The summed E-state index contributed by atoms with van der Waals surface area (Å²) in [5, 5.41) is 7.19. The highest BCUT2D eigenvalue weighted by Gasteiger charge is 2.18. The molecule has 4 rings (SSSR count). The number of nitrogens with one attached hydrogen (secondary N) is 1. The Morgan fingerprint density at radius 1 is 1.29 bits per heavy atom. The maximum atomic E-state index is 11.6. The van der Waals surface area contributed by atoms with Gasteiger partial charge in [0.1, 0.15) is 10.8 Å². The summed E-state index contributed by atoms with van der Waals surface area (Å²) < 4.78 is 5.88. The number of anilines is 2. The van der Waals surface area contributed by atoms with Crippen LogP contribution in [-0.4, -0.2) is 40.0 Å². The molecule has 1 saturated heterocycles. The van der Waals surface area contributed by atoms with Crippen LogP contribution in [0.3, 0.4) is 0 Å². The number of nitrogens with zero attached hydrogens (tertiary/aromatic N) is 3. The third kappa shape index (κ3) is 5.23. The Labute approximate surface area is 190 Å². The molecule has 0 saturated carbocycles. The number of benzene rings is 1. The monoisotopic (exact) mass is 457 g/mol. The average molecular weight is 458 g/mol. The zero-order valence-corrected chi connectivity index (χ0v) is 19.6. The Kier molecular flexibility index (Phi) is 6.54. The lowest BCUT2D eigenvalue weighted by Crippen LogP contribution is -2.18. The van der Waals surface area contributed by atoms with Gasteiger partial charge in [0.2, 0.25) is 5.91 Å². The number of hydrogen-bond donors (Lipinski definition) is 2. The number of ether oxygens (including phenoxy) is 1. The molecule has 0 atom stereocenters. The molecule has 3 N–H and O–H groups in total. The topological polar surface area (TPSA) is 93.4 Å². The van der Waals surface area contributed by atoms with Crippen LogP contribution in [0.15, 0.2) is 23.6 Å². The van der Waals surface area contributed by atoms with Gasteiger partial charge in [0, 0.05) is 10.9 Å². The Morgan fingerprint density at radius 2 is 2.06 bits per heavy atom. The van der Waals surface area contributed by atoms with Crippen molar-refractivity contribution in [2.45, 2.75) is 46.3 Å². The lowest BCUT2D eigenvalue weighted by molar-refractivity contribution is 0.100. The predicted octanol–water partition coefficient (Wildman–Crippen LogP) is 4.80. The van der Waals surface area contributed by atoms with Crippen LogP contribution in [0.5, 0.6) is 5.75 Å². The molecule has 0 bridgehead atoms. The van der Waals surface area contributed by atoms with E-state index in [9.17, 15) is 4.79 Å². The van der Waals surface area contributed by atoms with E-state index in [0.717, 1.165) is 46.0 Å². The second-order valence-corrected chi connectivity index (χ2v) is 9.85. The Hall–Kier alpha value is -2.49. The maximum absolute atomic E-state index is 11.6. The number of hydrogen-bond acceptors (Lipinski definition) is 8. The first-order chi connectivity index (χ1) is 14.9. The number of thiazole rings is 2. The SMILES string of the molecule is Cc1nc(CN2CCCC2)sc1-c1csc(Nc2cc(C(N)=O)ccc2OC(C)C)n1. The van der Waals surface area contributed by atoms with E-state index in [1.165, 1.54) is 24.2 Å². The first-order valence-electron chi connectivity index (χ1n) is 10.4. The molecule has 1 fully saturated rings. The normalized spacial score (nSPS) is 14.3. The molecular weight excluding hydrogens is 430 g/mol. The highest BCUT2D eigenvalue weighted by Crippen LogP contribution is 2.36. The maximum Gasteiger partial charge on any atom is 0.248 e. The van der Waals surface area contributed by atoms with Crippen LogP contribution in [0.4, 0.5) is 10.8 Å². The number of primary amides is 1. The highest BCUT2D eigenvalue weighted by atomic mass is 32.1. The number of nitrogens with two attached hydrogens (primary N) is 1. The van der Waals surface area contributed by atoms with Crippen molar-refractivity contribution < 1.29 is 9.53 Å². The smallest absolute Gasteiger partial charge is 0.248 e. The van der Waals surface area contributed by atoms with Gasteiger partial charge in [-0.2, -0.15) is 0 Å². The third-order valence-electron chi connectivity index (χ3n) is 5.00. The molecule has 3 aromatic rings. The molecule has 0 aliphatic carbocycles. The molecule has 31 heavy (non-hydrogen) atoms. The molecule has 7 nitrogen and oxygen atoms in total. The van der Waals surface area contributed by atoms with Gasteiger partial charge < -0.3 is 15.8 Å². The molecule has 0 spiro atoms. The van der Waals surface area contributed by atoms with Crippen molar-refractivity contribution in [2.24, 2.45) is 5.73 Å². The summed E-state index contributed by atoms with van der Waals surface area (Å²) in [6.45, 7) is 9.18. The molecule has 1 aliphatic heterocycles. The number of amides is 1. The van der Waals surface area contributed by atoms with Crippen molar-refractivity contribution in [1.82, 2.24) is 14.9 Å². The summed E-state index contributed by atoms with van der Waals surface area (Å²) in [5.74, 6) is 0.170. The zero-order valence-electron chi connectivity index (χ0n) is 18.0. The van der Waals surface area contributed by atoms with Crippen molar-refractivity contribution in [3.05, 3.63) is 39.8 Å². The second kappa shape index (κ2) is 9.33. The zero-order chi connectivity index (χ0) is 22.0. The molecule has 2 aromatic heterocycles. The number of carbonyl (C=O) groups excluding carboxylic acids is 1. The second-order valence-electron chi connectivity index (χ2n) is 7.91. The minimum Gasteiger partial charge on any atom is -0.489 e. The lowest BCUT2D eigenvalue weighted by Gasteiger charge is -2.15. The van der Waals surface area contributed by atoms with Crippen LogP contribution in [0.25, 0.3) is 10.6 Å². The van der Waals surface area contributed by atoms with Gasteiger partial charge in [-0.15, -0.1) is 22.7 Å². The van der Waals surface area contributed by atoms with Crippen LogP contribution in [0.1, 0.15) is 47.7 Å². The highest BCUT2D eigenvalue weighted by molar-refractivity contribution is 7.16. The third-order valence-corrected chi connectivity index (χ3v) is 6.93. The molecule has 1 amide bonds. The van der Waals surface area contributed by atoms with Gasteiger partial charge in [-0.05, 0) is 64.9 Å². The van der Waals surface area contributed by atoms with E-state index in [-0.39, 0.29) is 6.10 Å². The van der Waals surface area contributed by atoms with Crippen LogP contribution in [0.2, 0.25) is 0 Å². The van der Waals surface area contributed by atoms with E-state index in [1.807, 2.05) is 26.2 Å². The van der Waals surface area contributed by atoms with E-state index < -0.39 is 5.91 Å². The fourth-order valence-corrected chi connectivity index (χ4v) is 5.43. The summed E-state index contributed by atoms with van der Waals surface area (Å²) in [4.78, 5) is 24.7. The average Bonchev–Trinajstić information content (AvgIpc) is 3.45. The fraction of sp³-hybridized carbons (Fsp3) is 0.409. The van der Waals surface area contributed by atoms with Crippen molar-refractivity contribution in [1.29, 1.82) is 0 Å². The van der Waals surface area contributed by atoms with Gasteiger partial charge >= 0.3 is 0 Å². The summed E-state index contributed by atoms with van der Waals surface area (Å²) >= 11 is 3.22. The minimum absolute atomic E-state index is 0.000653. The van der Waals surface area contributed by atoms with Crippen molar-refractivity contribution in [3.63, 3.8) is 0 Å². The lowest BCUT2D eigenvalue weighted by atomic mass is 10.1. The number of likely N-dealkylation sites (tertiary alicyclic amines) is 1. The standard InChI is InChI=1S/C22H27N5O2S2/c1-13(2)29-18-7-6-15(21(23)28)10-16(18)25-22-26-17(12-30-22)20-14(3)24-19(31-20)11-27-8-4-5-9-27/h6-7,10,12-13H,4-5,8-9,11H2,1-3H3,(H2,23,28)(H,25,26). The molecule has 3 heterocycles. The van der Waals surface area contributed by atoms with E-state index in [0.29, 0.717) is 17.0 Å². The van der Waals surface area contributed by atoms with Crippen LogP contribution >= 0.6 is 22.7 Å². The summed E-state index contributed by atoms with van der Waals surface area (Å²) in [5.41, 5.74) is 8.46. The molecular formula is C22H27N5O2S2. The minimum atomic E-state index is -0.482. The quantitative estimate of drug-likeness (QED) is 0.505. The van der Waals surface area contributed by atoms with Gasteiger partial charge in [-0.3, -0.25) is 9.69 Å². The van der Waals surface area contributed by atoms with Crippen molar-refractivity contribution >= 4 is 39.4 Å². The van der Waals surface area contributed by atoms with Gasteiger partial charge in [0.25, 0.3) is 0 Å². The number of carbonyl (C=O) groups is 1. The predicted molar refractivity (Wildman–Crippen MR) is 126 cm³/mol. The molecule has 0 unspecified atom stereocenters. The van der Waals surface area contributed by atoms with E-state index in [1.54, 1.807) is 29.5 Å². The molecule has 1 aliphatic rings. The summed E-state index contributed by atoms with van der Waals surface area (Å²) in [6, 6.07) is 5.13. The Morgan fingerprint density at radius 3 is 2.77 bits per heavy atom. The number of aryl methyl sites for hydroxylation is 1. The number of rotatable bonds is 8. The van der Waals surface area contributed by atoms with Crippen molar-refractivity contribution in [3.8, 4) is 16.3 Å². The first-order valence-corrected chi connectivity index (χ1v) is 12.1. The summed E-state index contributed by atoms with van der Waals surface area (Å²) in [7, 11) is 0. The molecule has 0 radical (unpaired) electrons. The molecule has 9 heteroatoms. The van der Waals surface area contributed by atoms with Gasteiger partial charge in [0.15, 0.2) is 5.13 Å². The molecule has 164 valence electrons. The van der Waals surface area contributed by atoms with Crippen LogP contribution in [0, 0.1) is 6.92 Å². The number of aromatic nitrogens is 2. The van der Waals surface area contributed by atoms with Crippen LogP contribution < -0.4 is 15.8 Å². The van der Waals surface area contributed by atoms with Crippen LogP contribution in [-0.2, 0) is 6.54 Å².